The highest BCUT2D eigenvalue weighted by molar-refractivity contribution is 7.17. The van der Waals surface area contributed by atoms with Gasteiger partial charge in [-0.05, 0) is 26.8 Å². The first-order chi connectivity index (χ1) is 17.5. The number of likely N-dealkylation sites (tertiary alicyclic amines) is 1. The van der Waals surface area contributed by atoms with Crippen LogP contribution in [0.2, 0.25) is 0 Å². The fourth-order valence-corrected chi connectivity index (χ4v) is 4.71. The van der Waals surface area contributed by atoms with E-state index in [0.29, 0.717) is 17.4 Å². The Labute approximate surface area is 216 Å². The number of aliphatic hydroxyl groups excluding tert-OH is 1. The molecular formula is C22H24F7N5O3S. The highest BCUT2D eigenvalue weighted by atomic mass is 32.1. The lowest BCUT2D eigenvalue weighted by Gasteiger charge is -2.21. The summed E-state index contributed by atoms with van der Waals surface area (Å²) in [5.74, 6) is -5.61. The Morgan fingerprint density at radius 1 is 1.29 bits per heavy atom. The Bertz CT molecular complexity index is 1190. The number of anilines is 1. The van der Waals surface area contributed by atoms with E-state index in [1.54, 1.807) is 0 Å². The van der Waals surface area contributed by atoms with Crippen molar-refractivity contribution in [3.8, 4) is 10.4 Å². The van der Waals surface area contributed by atoms with Gasteiger partial charge in [-0.25, -0.2) is 27.5 Å². The summed E-state index contributed by atoms with van der Waals surface area (Å²) < 4.78 is 94.8. The van der Waals surface area contributed by atoms with Crippen LogP contribution in [0.15, 0.2) is 12.3 Å². The van der Waals surface area contributed by atoms with E-state index in [0.717, 1.165) is 18.0 Å². The maximum Gasteiger partial charge on any atom is 0.408 e. The van der Waals surface area contributed by atoms with Crippen molar-refractivity contribution in [3.63, 3.8) is 0 Å². The molecule has 3 N–H and O–H groups in total. The summed E-state index contributed by atoms with van der Waals surface area (Å²) in [6, 6.07) is -3.10. The molecule has 8 nitrogen and oxygen atoms in total. The van der Waals surface area contributed by atoms with Crippen LogP contribution in [0.25, 0.3) is 10.4 Å². The number of rotatable bonds is 8. The molecule has 1 aliphatic heterocycles. The van der Waals surface area contributed by atoms with Gasteiger partial charge in [0.1, 0.15) is 17.6 Å². The minimum Gasteiger partial charge on any atom is -0.394 e. The van der Waals surface area contributed by atoms with Crippen molar-refractivity contribution in [1.82, 2.24) is 20.2 Å². The summed E-state index contributed by atoms with van der Waals surface area (Å²) in [6.45, 7) is 2.20. The predicted octanol–water partition coefficient (Wildman–Crippen LogP) is 4.49. The zero-order valence-corrected chi connectivity index (χ0v) is 21.1. The molecule has 1 saturated heterocycles. The van der Waals surface area contributed by atoms with Crippen LogP contribution < -0.4 is 10.6 Å². The van der Waals surface area contributed by atoms with Crippen molar-refractivity contribution in [2.45, 2.75) is 63.8 Å². The smallest absolute Gasteiger partial charge is 0.394 e. The SMILES string of the molecule is CC(CO)NC(=O)c1nc(C(=O)N2CC(F)(F)C[C@@H]2C)c(-c2cnc(NC(C)C(F)(F)F)cc2C(F)F)s1. The van der Waals surface area contributed by atoms with Gasteiger partial charge in [-0.2, -0.15) is 13.2 Å². The van der Waals surface area contributed by atoms with Crippen molar-refractivity contribution in [1.29, 1.82) is 0 Å². The zero-order valence-electron chi connectivity index (χ0n) is 20.2. The van der Waals surface area contributed by atoms with Crippen molar-refractivity contribution in [2.75, 3.05) is 18.5 Å². The number of alkyl halides is 7. The Morgan fingerprint density at radius 3 is 2.47 bits per heavy atom. The average Bonchev–Trinajstić information content (AvgIpc) is 3.38. The topological polar surface area (TPSA) is 107 Å². The number of aromatic nitrogens is 2. The van der Waals surface area contributed by atoms with Crippen molar-refractivity contribution < 1.29 is 45.4 Å². The van der Waals surface area contributed by atoms with Crippen LogP contribution in [0, 0.1) is 0 Å². The van der Waals surface area contributed by atoms with Crippen molar-refractivity contribution >= 4 is 29.0 Å². The number of carbonyl (C=O) groups excluding carboxylic acids is 2. The summed E-state index contributed by atoms with van der Waals surface area (Å²) in [6.07, 6.45) is -7.77. The lowest BCUT2D eigenvalue weighted by Crippen LogP contribution is -2.36. The lowest BCUT2D eigenvalue weighted by molar-refractivity contribution is -0.138. The summed E-state index contributed by atoms with van der Waals surface area (Å²) in [5, 5.41) is 13.2. The van der Waals surface area contributed by atoms with Crippen LogP contribution >= 0.6 is 11.3 Å². The van der Waals surface area contributed by atoms with Gasteiger partial charge in [0.05, 0.1) is 18.0 Å². The molecular weight excluding hydrogens is 547 g/mol. The lowest BCUT2D eigenvalue weighted by atomic mass is 10.1. The van der Waals surface area contributed by atoms with Gasteiger partial charge in [-0.3, -0.25) is 9.59 Å². The number of hydrogen-bond acceptors (Lipinski definition) is 7. The Balaban J connectivity index is 2.11. The van der Waals surface area contributed by atoms with Gasteiger partial charge in [0.15, 0.2) is 5.01 Å². The predicted molar refractivity (Wildman–Crippen MR) is 124 cm³/mol. The number of hydrogen-bond donors (Lipinski definition) is 3. The molecule has 2 amide bonds. The number of amides is 2. The van der Waals surface area contributed by atoms with Crippen LogP contribution in [0.3, 0.4) is 0 Å². The molecule has 38 heavy (non-hydrogen) atoms. The summed E-state index contributed by atoms with van der Waals surface area (Å²) in [5.41, 5.74) is -1.78. The Hall–Kier alpha value is -3.01. The molecule has 0 spiro atoms. The minimum atomic E-state index is -4.69. The van der Waals surface area contributed by atoms with E-state index in [2.05, 4.69) is 15.3 Å². The molecule has 0 aromatic carbocycles. The quantitative estimate of drug-likeness (QED) is 0.404. The third-order valence-corrected chi connectivity index (χ3v) is 6.82. The average molecular weight is 572 g/mol. The molecule has 2 unspecified atom stereocenters. The van der Waals surface area contributed by atoms with Gasteiger partial charge < -0.3 is 20.6 Å². The molecule has 0 bridgehead atoms. The molecule has 1 aliphatic rings. The molecule has 0 aliphatic carbocycles. The molecule has 16 heteroatoms. The van der Waals surface area contributed by atoms with Crippen LogP contribution in [-0.4, -0.2) is 75.2 Å². The second-order valence-electron chi connectivity index (χ2n) is 8.96. The summed E-state index contributed by atoms with van der Waals surface area (Å²) in [7, 11) is 0. The first kappa shape index (κ1) is 29.5. The van der Waals surface area contributed by atoms with E-state index in [1.165, 1.54) is 13.8 Å². The van der Waals surface area contributed by atoms with E-state index < -0.39 is 90.7 Å². The van der Waals surface area contributed by atoms with Crippen LogP contribution in [0.4, 0.5) is 36.6 Å². The van der Waals surface area contributed by atoms with Gasteiger partial charge >= 0.3 is 6.18 Å². The highest BCUT2D eigenvalue weighted by Crippen LogP contribution is 2.40. The fourth-order valence-electron chi connectivity index (χ4n) is 3.72. The Kier molecular flexibility index (Phi) is 8.55. The molecule has 3 atom stereocenters. The van der Waals surface area contributed by atoms with Gasteiger partial charge in [0.2, 0.25) is 0 Å². The molecule has 2 aromatic rings. The van der Waals surface area contributed by atoms with E-state index in [1.807, 2.05) is 5.32 Å². The molecule has 210 valence electrons. The molecule has 0 saturated carbocycles. The first-order valence-electron chi connectivity index (χ1n) is 11.3. The standard InChI is InChI=1S/C22H24F7N5O3S/c1-9(7-35)31-18(36)19-33-15(20(37)34-8-21(25,26)5-10(34)2)16(38-19)13-6-30-14(4-12(13)17(23)24)32-11(3)22(27,28)29/h4,6,9-11,17,35H,5,7-8H2,1-3H3,(H,30,32)(H,31,36)/t9?,10-,11?/m0/s1. The van der Waals surface area contributed by atoms with Gasteiger partial charge in [0.25, 0.3) is 24.2 Å². The Morgan fingerprint density at radius 2 is 1.95 bits per heavy atom. The highest BCUT2D eigenvalue weighted by Gasteiger charge is 2.46. The summed E-state index contributed by atoms with van der Waals surface area (Å²) >= 11 is 0.503. The zero-order chi connectivity index (χ0) is 28.6. The fraction of sp³-hybridized carbons (Fsp3) is 0.545. The van der Waals surface area contributed by atoms with Gasteiger partial charge in [0, 0.05) is 35.8 Å². The van der Waals surface area contributed by atoms with E-state index in [-0.39, 0.29) is 9.88 Å². The summed E-state index contributed by atoms with van der Waals surface area (Å²) in [4.78, 5) is 34.1. The van der Waals surface area contributed by atoms with E-state index in [9.17, 15) is 45.4 Å². The molecule has 1 fully saturated rings. The number of nitrogens with one attached hydrogen (secondary N) is 2. The monoisotopic (exact) mass is 571 g/mol. The van der Waals surface area contributed by atoms with Crippen molar-refractivity contribution in [2.24, 2.45) is 0 Å². The third-order valence-electron chi connectivity index (χ3n) is 5.74. The number of thiazole rings is 1. The van der Waals surface area contributed by atoms with Crippen molar-refractivity contribution in [3.05, 3.63) is 28.5 Å². The van der Waals surface area contributed by atoms with E-state index in [4.69, 9.17) is 0 Å². The molecule has 2 aromatic heterocycles. The maximum atomic E-state index is 14.1. The minimum absolute atomic E-state index is 0.294. The number of halogens is 7. The first-order valence-corrected chi connectivity index (χ1v) is 12.1. The van der Waals surface area contributed by atoms with Gasteiger partial charge in [-0.1, -0.05) is 0 Å². The largest absolute Gasteiger partial charge is 0.408 e. The number of pyridine rings is 1. The number of carbonyl (C=O) groups is 2. The van der Waals surface area contributed by atoms with E-state index >= 15 is 0 Å². The van der Waals surface area contributed by atoms with Crippen LogP contribution in [0.5, 0.6) is 0 Å². The van der Waals surface area contributed by atoms with Gasteiger partial charge in [-0.15, -0.1) is 11.3 Å². The third kappa shape index (κ3) is 6.51. The molecule has 0 radical (unpaired) electrons. The molecule has 3 heterocycles. The van der Waals surface area contributed by atoms with Crippen LogP contribution in [0.1, 0.15) is 59.5 Å². The maximum absolute atomic E-state index is 14.1. The normalized spacial score (nSPS) is 18.9. The van der Waals surface area contributed by atoms with Crippen LogP contribution in [-0.2, 0) is 0 Å². The number of aliphatic hydroxyl groups is 1. The molecule has 3 rings (SSSR count). The number of nitrogens with zero attached hydrogens (tertiary/aromatic N) is 3. The second-order valence-corrected chi connectivity index (χ2v) is 9.96. The second kappa shape index (κ2) is 11.0.